The maximum absolute atomic E-state index is 12.8. The minimum Gasteiger partial charge on any atom is -0.490 e. The number of carbonyl (C=O) groups is 2. The van der Waals surface area contributed by atoms with E-state index in [9.17, 15) is 9.59 Å². The summed E-state index contributed by atoms with van der Waals surface area (Å²) in [5, 5.41) is 8.58. The van der Waals surface area contributed by atoms with Gasteiger partial charge in [-0.3, -0.25) is 14.9 Å². The summed E-state index contributed by atoms with van der Waals surface area (Å²) < 4.78 is 11.3. The first-order valence-corrected chi connectivity index (χ1v) is 12.4. The molecule has 2 amide bonds. The van der Waals surface area contributed by atoms with Crippen LogP contribution in [0.2, 0.25) is 0 Å². The monoisotopic (exact) mass is 525 g/mol. The summed E-state index contributed by atoms with van der Waals surface area (Å²) in [6, 6.07) is 32.8. The van der Waals surface area contributed by atoms with E-state index in [0.29, 0.717) is 42.3 Å². The van der Waals surface area contributed by atoms with Crippen LogP contribution >= 0.6 is 12.2 Å². The van der Waals surface area contributed by atoms with Gasteiger partial charge in [0.15, 0.2) is 5.11 Å². The minimum atomic E-state index is -0.403. The summed E-state index contributed by atoms with van der Waals surface area (Å²) in [6.07, 6.45) is 0. The van der Waals surface area contributed by atoms with Crippen molar-refractivity contribution in [3.63, 3.8) is 0 Å². The van der Waals surface area contributed by atoms with E-state index in [4.69, 9.17) is 21.7 Å². The van der Waals surface area contributed by atoms with Gasteiger partial charge in [0.25, 0.3) is 11.8 Å². The third kappa shape index (κ3) is 7.91. The Balaban J connectivity index is 1.29. The summed E-state index contributed by atoms with van der Waals surface area (Å²) in [5.41, 5.74) is 2.26. The van der Waals surface area contributed by atoms with Crippen molar-refractivity contribution < 1.29 is 19.1 Å². The van der Waals surface area contributed by atoms with Crippen LogP contribution in [-0.2, 0) is 6.54 Å². The van der Waals surface area contributed by atoms with Crippen molar-refractivity contribution in [2.45, 2.75) is 6.54 Å². The van der Waals surface area contributed by atoms with Crippen LogP contribution in [0.4, 0.5) is 5.69 Å². The van der Waals surface area contributed by atoms with Crippen LogP contribution in [0, 0.1) is 0 Å². The van der Waals surface area contributed by atoms with Crippen molar-refractivity contribution in [2.24, 2.45) is 0 Å². The molecule has 0 unspecified atom stereocenters. The van der Waals surface area contributed by atoms with Crippen molar-refractivity contribution in [2.75, 3.05) is 18.5 Å². The van der Waals surface area contributed by atoms with Gasteiger partial charge in [-0.15, -0.1) is 0 Å². The second kappa shape index (κ2) is 13.6. The lowest BCUT2D eigenvalue weighted by atomic mass is 10.1. The number of hydrogen-bond acceptors (Lipinski definition) is 5. The highest BCUT2D eigenvalue weighted by molar-refractivity contribution is 7.80. The number of thiocarbonyl (C=S) groups is 1. The van der Waals surface area contributed by atoms with Gasteiger partial charge >= 0.3 is 0 Å². The molecule has 0 fully saturated rings. The Morgan fingerprint density at radius 3 is 2.08 bits per heavy atom. The van der Waals surface area contributed by atoms with Gasteiger partial charge < -0.3 is 20.1 Å². The molecule has 0 radical (unpaired) electrons. The van der Waals surface area contributed by atoms with Gasteiger partial charge in [-0.1, -0.05) is 66.7 Å². The summed E-state index contributed by atoms with van der Waals surface area (Å²) >= 11 is 5.34. The molecular weight excluding hydrogens is 498 g/mol. The fourth-order valence-corrected chi connectivity index (χ4v) is 3.76. The van der Waals surface area contributed by atoms with Gasteiger partial charge in [-0.2, -0.15) is 0 Å². The average Bonchev–Trinajstić information content (AvgIpc) is 2.95. The van der Waals surface area contributed by atoms with Crippen LogP contribution in [0.5, 0.6) is 11.5 Å². The largest absolute Gasteiger partial charge is 0.490 e. The molecule has 0 saturated carbocycles. The van der Waals surface area contributed by atoms with Crippen molar-refractivity contribution in [3.05, 3.63) is 126 Å². The molecule has 0 atom stereocenters. The van der Waals surface area contributed by atoms with Crippen LogP contribution in [-0.4, -0.2) is 30.1 Å². The molecule has 3 N–H and O–H groups in total. The molecule has 4 rings (SSSR count). The highest BCUT2D eigenvalue weighted by Gasteiger charge is 2.14. The smallest absolute Gasteiger partial charge is 0.257 e. The van der Waals surface area contributed by atoms with E-state index < -0.39 is 5.91 Å². The Hall–Kier alpha value is -4.69. The number of ether oxygens (including phenoxy) is 2. The predicted octanol–water partition coefficient (Wildman–Crippen LogP) is 5.20. The van der Waals surface area contributed by atoms with E-state index in [1.54, 1.807) is 48.5 Å². The molecule has 4 aromatic rings. The highest BCUT2D eigenvalue weighted by Crippen LogP contribution is 2.17. The van der Waals surface area contributed by atoms with Crippen LogP contribution in [0.25, 0.3) is 0 Å². The number of rotatable bonds is 10. The van der Waals surface area contributed by atoms with Crippen LogP contribution in [0.1, 0.15) is 26.3 Å². The van der Waals surface area contributed by atoms with Crippen molar-refractivity contribution in [3.8, 4) is 11.5 Å². The first kappa shape index (κ1) is 26.4. The second-order valence-corrected chi connectivity index (χ2v) is 8.57. The van der Waals surface area contributed by atoms with Gasteiger partial charge in [0, 0.05) is 12.1 Å². The van der Waals surface area contributed by atoms with E-state index in [1.165, 1.54) is 0 Å². The molecule has 0 spiro atoms. The molecule has 0 aliphatic rings. The van der Waals surface area contributed by atoms with Gasteiger partial charge in [-0.05, 0) is 60.2 Å². The number of benzene rings is 4. The Bertz CT molecular complexity index is 1380. The Morgan fingerprint density at radius 2 is 1.32 bits per heavy atom. The summed E-state index contributed by atoms with van der Waals surface area (Å²) in [7, 11) is 0. The van der Waals surface area contributed by atoms with Gasteiger partial charge in [-0.25, -0.2) is 0 Å². The Morgan fingerprint density at radius 1 is 0.684 bits per heavy atom. The maximum atomic E-state index is 12.8. The standard InChI is InChI=1S/C30H27N3O4S/c34-28(23-12-9-15-25(20-23)37-19-18-36-24-13-5-2-6-14-24)33-30(38)32-27-17-8-7-16-26(27)29(35)31-21-22-10-3-1-4-11-22/h1-17,20H,18-19,21H2,(H,31,35)(H2,32,33,34,38). The first-order chi connectivity index (χ1) is 18.6. The third-order valence-electron chi connectivity index (χ3n) is 5.40. The maximum Gasteiger partial charge on any atom is 0.257 e. The molecule has 0 heterocycles. The topological polar surface area (TPSA) is 88.7 Å². The van der Waals surface area contributed by atoms with E-state index in [2.05, 4.69) is 16.0 Å². The number of carbonyl (C=O) groups excluding carboxylic acids is 2. The summed E-state index contributed by atoms with van der Waals surface area (Å²) in [5.74, 6) is 0.640. The lowest BCUT2D eigenvalue weighted by Crippen LogP contribution is -2.35. The van der Waals surface area contributed by atoms with Crippen LogP contribution in [0.3, 0.4) is 0 Å². The molecule has 4 aromatic carbocycles. The zero-order chi connectivity index (χ0) is 26.6. The van der Waals surface area contributed by atoms with Crippen molar-refractivity contribution in [1.82, 2.24) is 10.6 Å². The zero-order valence-corrected chi connectivity index (χ0v) is 21.4. The molecule has 0 aliphatic carbocycles. The number of para-hydroxylation sites is 2. The van der Waals surface area contributed by atoms with Crippen molar-refractivity contribution >= 4 is 34.8 Å². The van der Waals surface area contributed by atoms with Gasteiger partial charge in [0.05, 0.1) is 11.3 Å². The molecular formula is C30H27N3O4S. The Labute approximate surface area is 226 Å². The van der Waals surface area contributed by atoms with E-state index >= 15 is 0 Å². The van der Waals surface area contributed by atoms with Gasteiger partial charge in [0.2, 0.25) is 0 Å². The predicted molar refractivity (Wildman–Crippen MR) is 152 cm³/mol. The molecule has 0 aromatic heterocycles. The van der Waals surface area contributed by atoms with E-state index in [-0.39, 0.29) is 11.0 Å². The first-order valence-electron chi connectivity index (χ1n) is 12.0. The van der Waals surface area contributed by atoms with Crippen molar-refractivity contribution in [1.29, 1.82) is 0 Å². The lowest BCUT2D eigenvalue weighted by Gasteiger charge is -2.14. The second-order valence-electron chi connectivity index (χ2n) is 8.16. The summed E-state index contributed by atoms with van der Waals surface area (Å²) in [6.45, 7) is 1.09. The molecule has 38 heavy (non-hydrogen) atoms. The number of nitrogens with one attached hydrogen (secondary N) is 3. The fraction of sp³-hybridized carbons (Fsp3) is 0.100. The molecule has 0 bridgehead atoms. The van der Waals surface area contributed by atoms with Crippen LogP contribution in [0.15, 0.2) is 109 Å². The van der Waals surface area contributed by atoms with E-state index in [1.807, 2.05) is 60.7 Å². The number of anilines is 1. The van der Waals surface area contributed by atoms with Crippen LogP contribution < -0.4 is 25.4 Å². The molecule has 0 aliphatic heterocycles. The van der Waals surface area contributed by atoms with Gasteiger partial charge in [0.1, 0.15) is 24.7 Å². The molecule has 0 saturated heterocycles. The normalized spacial score (nSPS) is 10.2. The highest BCUT2D eigenvalue weighted by atomic mass is 32.1. The molecule has 192 valence electrons. The number of hydrogen-bond donors (Lipinski definition) is 3. The lowest BCUT2D eigenvalue weighted by molar-refractivity contribution is 0.0950. The zero-order valence-electron chi connectivity index (χ0n) is 20.6. The fourth-order valence-electron chi connectivity index (χ4n) is 3.56. The summed E-state index contributed by atoms with van der Waals surface area (Å²) in [4.78, 5) is 25.6. The number of amides is 2. The Kier molecular flexibility index (Phi) is 9.42. The third-order valence-corrected chi connectivity index (χ3v) is 5.61. The minimum absolute atomic E-state index is 0.0703. The molecule has 7 nitrogen and oxygen atoms in total. The quantitative estimate of drug-likeness (QED) is 0.195. The SMILES string of the molecule is O=C(NC(=S)Nc1ccccc1C(=O)NCc1ccccc1)c1cccc(OCCOc2ccccc2)c1. The van der Waals surface area contributed by atoms with E-state index in [0.717, 1.165) is 11.3 Å². The average molecular weight is 526 g/mol. The molecule has 8 heteroatoms.